The summed E-state index contributed by atoms with van der Waals surface area (Å²) in [5.74, 6) is -0.794. The number of carboxylic acids is 1. The van der Waals surface area contributed by atoms with Gasteiger partial charge in [-0.25, -0.2) is 0 Å². The van der Waals surface area contributed by atoms with E-state index in [-0.39, 0.29) is 0 Å². The molecule has 0 spiro atoms. The number of hydrogen-bond acceptors (Lipinski definition) is 3. The third kappa shape index (κ3) is 4.42. The molecule has 0 aliphatic rings. The number of carbonyl (C=O) groups is 1. The molecule has 5 nitrogen and oxygen atoms in total. The maximum atomic E-state index is 11.3. The van der Waals surface area contributed by atoms with Gasteiger partial charge in [0.25, 0.3) is 0 Å². The summed E-state index contributed by atoms with van der Waals surface area (Å²) in [4.78, 5) is 11.3. The fraction of sp³-hybridized carbons (Fsp3) is 0.667. The minimum absolute atomic E-state index is 0.583. The Morgan fingerprint density at radius 3 is 2.89 bits per heavy atom. The Morgan fingerprint density at radius 2 is 2.39 bits per heavy atom. The zero-order valence-electron chi connectivity index (χ0n) is 10.8. The zero-order chi connectivity index (χ0) is 13.6. The second-order valence-corrected chi connectivity index (χ2v) is 5.50. The van der Waals surface area contributed by atoms with Gasteiger partial charge in [-0.1, -0.05) is 6.92 Å². The maximum Gasteiger partial charge on any atom is 0.323 e. The van der Waals surface area contributed by atoms with E-state index < -0.39 is 11.5 Å². The molecule has 6 heteroatoms. The van der Waals surface area contributed by atoms with Crippen LogP contribution in [-0.4, -0.2) is 32.9 Å². The van der Waals surface area contributed by atoms with Crippen LogP contribution in [0.15, 0.2) is 16.9 Å². The molecule has 0 radical (unpaired) electrons. The first-order valence-corrected chi connectivity index (χ1v) is 6.93. The second-order valence-electron chi connectivity index (χ2n) is 4.59. The number of halogens is 1. The van der Waals surface area contributed by atoms with Gasteiger partial charge in [0.05, 0.1) is 10.7 Å². The van der Waals surface area contributed by atoms with E-state index in [1.807, 2.05) is 17.8 Å². The largest absolute Gasteiger partial charge is 0.480 e. The lowest BCUT2D eigenvalue weighted by Crippen LogP contribution is -2.49. The number of nitrogens with one attached hydrogen (secondary N) is 1. The van der Waals surface area contributed by atoms with E-state index in [1.54, 1.807) is 13.1 Å². The fourth-order valence-corrected chi connectivity index (χ4v) is 2.05. The third-order valence-electron chi connectivity index (χ3n) is 2.90. The molecule has 0 fully saturated rings. The van der Waals surface area contributed by atoms with E-state index >= 15 is 0 Å². The van der Waals surface area contributed by atoms with Crippen molar-refractivity contribution in [2.24, 2.45) is 0 Å². The molecule has 1 heterocycles. The van der Waals surface area contributed by atoms with Gasteiger partial charge in [-0.2, -0.15) is 5.10 Å². The molecule has 1 atom stereocenters. The average Bonchev–Trinajstić information content (AvgIpc) is 2.72. The molecule has 1 unspecified atom stereocenters. The lowest BCUT2D eigenvalue weighted by atomic mass is 9.95. The Kier molecular flexibility index (Phi) is 5.81. The Hall–Kier alpha value is -0.880. The average molecular weight is 318 g/mol. The zero-order valence-corrected chi connectivity index (χ0v) is 12.4. The minimum atomic E-state index is -0.847. The van der Waals surface area contributed by atoms with E-state index in [9.17, 15) is 9.90 Å². The predicted molar refractivity (Wildman–Crippen MR) is 73.5 cm³/mol. The highest BCUT2D eigenvalue weighted by Crippen LogP contribution is 2.14. The Labute approximate surface area is 116 Å². The topological polar surface area (TPSA) is 67.2 Å². The summed E-state index contributed by atoms with van der Waals surface area (Å²) >= 11 is 3.33. The molecule has 0 aliphatic heterocycles. The number of hydrogen-bond donors (Lipinski definition) is 2. The molecule has 1 aromatic heterocycles. The molecule has 0 amide bonds. The van der Waals surface area contributed by atoms with E-state index in [4.69, 9.17) is 0 Å². The van der Waals surface area contributed by atoms with Crippen molar-refractivity contribution in [3.63, 3.8) is 0 Å². The quantitative estimate of drug-likeness (QED) is 0.772. The van der Waals surface area contributed by atoms with Crippen LogP contribution >= 0.6 is 15.9 Å². The molecule has 102 valence electrons. The number of nitrogens with zero attached hydrogens (tertiary/aromatic N) is 2. The van der Waals surface area contributed by atoms with E-state index in [1.165, 1.54) is 0 Å². The Morgan fingerprint density at radius 1 is 1.67 bits per heavy atom. The number of aromatic nitrogens is 2. The van der Waals surface area contributed by atoms with Gasteiger partial charge in [-0.15, -0.1) is 0 Å². The molecule has 1 rings (SSSR count). The summed E-state index contributed by atoms with van der Waals surface area (Å²) in [7, 11) is 0. The highest BCUT2D eigenvalue weighted by Gasteiger charge is 2.31. The number of aryl methyl sites for hydroxylation is 1. The standard InChI is InChI=1S/C12H20BrN3O2/c1-3-6-14-12(2,11(17)18)5-4-7-16-9-10(13)8-15-16/h8-9,14H,3-7H2,1-2H3,(H,17,18). The SMILES string of the molecule is CCCNC(C)(CCCn1cc(Br)cn1)C(=O)O. The highest BCUT2D eigenvalue weighted by molar-refractivity contribution is 9.10. The first-order valence-electron chi connectivity index (χ1n) is 6.14. The van der Waals surface area contributed by atoms with Crippen LogP contribution in [0.1, 0.15) is 33.1 Å². The Balaban J connectivity index is 2.44. The van der Waals surface area contributed by atoms with Gasteiger partial charge in [0.2, 0.25) is 0 Å². The van der Waals surface area contributed by atoms with Crippen molar-refractivity contribution in [1.82, 2.24) is 15.1 Å². The molecular weight excluding hydrogens is 298 g/mol. The highest BCUT2D eigenvalue weighted by atomic mass is 79.9. The van der Waals surface area contributed by atoms with E-state index in [2.05, 4.69) is 26.3 Å². The van der Waals surface area contributed by atoms with Gasteiger partial charge in [-0.05, 0) is 48.7 Å². The maximum absolute atomic E-state index is 11.3. The van der Waals surface area contributed by atoms with Crippen LogP contribution in [0.4, 0.5) is 0 Å². The van der Waals surface area contributed by atoms with Crippen molar-refractivity contribution in [3.8, 4) is 0 Å². The van der Waals surface area contributed by atoms with Crippen molar-refractivity contribution in [1.29, 1.82) is 0 Å². The van der Waals surface area contributed by atoms with Crippen LogP contribution in [0.5, 0.6) is 0 Å². The lowest BCUT2D eigenvalue weighted by Gasteiger charge is -2.26. The van der Waals surface area contributed by atoms with Crippen molar-refractivity contribution >= 4 is 21.9 Å². The lowest BCUT2D eigenvalue weighted by molar-refractivity contribution is -0.144. The van der Waals surface area contributed by atoms with Crippen LogP contribution < -0.4 is 5.32 Å². The number of carboxylic acid groups (broad SMARTS) is 1. The molecule has 18 heavy (non-hydrogen) atoms. The van der Waals surface area contributed by atoms with Crippen LogP contribution in [0.25, 0.3) is 0 Å². The van der Waals surface area contributed by atoms with Crippen molar-refractivity contribution in [2.75, 3.05) is 6.54 Å². The van der Waals surface area contributed by atoms with Crippen LogP contribution in [0.3, 0.4) is 0 Å². The van der Waals surface area contributed by atoms with E-state index in [0.717, 1.165) is 30.4 Å². The molecule has 0 aromatic carbocycles. The number of aliphatic carboxylic acids is 1. The second kappa shape index (κ2) is 6.89. The van der Waals surface area contributed by atoms with Gasteiger partial charge >= 0.3 is 5.97 Å². The van der Waals surface area contributed by atoms with Gasteiger partial charge in [0.1, 0.15) is 5.54 Å². The summed E-state index contributed by atoms with van der Waals surface area (Å²) in [6.07, 6.45) is 5.89. The summed E-state index contributed by atoms with van der Waals surface area (Å²) < 4.78 is 2.75. The van der Waals surface area contributed by atoms with Crippen molar-refractivity contribution < 1.29 is 9.90 Å². The fourth-order valence-electron chi connectivity index (χ4n) is 1.73. The Bertz CT molecular complexity index is 394. The van der Waals surface area contributed by atoms with Gasteiger partial charge in [-0.3, -0.25) is 9.48 Å². The monoisotopic (exact) mass is 317 g/mol. The van der Waals surface area contributed by atoms with Crippen molar-refractivity contribution in [2.45, 2.75) is 45.2 Å². The predicted octanol–water partition coefficient (Wildman–Crippen LogP) is 2.27. The van der Waals surface area contributed by atoms with Gasteiger partial charge in [0, 0.05) is 12.7 Å². The van der Waals surface area contributed by atoms with Crippen LogP contribution in [-0.2, 0) is 11.3 Å². The summed E-state index contributed by atoms with van der Waals surface area (Å²) in [6, 6.07) is 0. The summed E-state index contributed by atoms with van der Waals surface area (Å²) in [6.45, 7) is 5.21. The molecule has 1 aromatic rings. The molecular formula is C12H20BrN3O2. The van der Waals surface area contributed by atoms with Crippen molar-refractivity contribution in [3.05, 3.63) is 16.9 Å². The first-order chi connectivity index (χ1) is 8.48. The normalized spacial score (nSPS) is 14.4. The molecule has 0 aliphatic carbocycles. The first kappa shape index (κ1) is 15.2. The van der Waals surface area contributed by atoms with E-state index in [0.29, 0.717) is 6.42 Å². The van der Waals surface area contributed by atoms with Crippen LogP contribution in [0.2, 0.25) is 0 Å². The number of rotatable bonds is 8. The smallest absolute Gasteiger partial charge is 0.323 e. The van der Waals surface area contributed by atoms with Gasteiger partial charge < -0.3 is 10.4 Å². The molecule has 2 N–H and O–H groups in total. The van der Waals surface area contributed by atoms with Gasteiger partial charge in [0.15, 0.2) is 0 Å². The molecule has 0 bridgehead atoms. The summed E-state index contributed by atoms with van der Waals surface area (Å²) in [5, 5.41) is 16.5. The molecule has 0 saturated heterocycles. The molecule has 0 saturated carbocycles. The minimum Gasteiger partial charge on any atom is -0.480 e. The van der Waals surface area contributed by atoms with Crippen LogP contribution in [0, 0.1) is 0 Å². The summed E-state index contributed by atoms with van der Waals surface area (Å²) in [5.41, 5.74) is -0.847. The third-order valence-corrected chi connectivity index (χ3v) is 3.31.